The molecule has 328 valence electrons. The molecular weight excluding hydrogens is 855 g/mol. The van der Waals surface area contributed by atoms with E-state index in [0.29, 0.717) is 56.1 Å². The van der Waals surface area contributed by atoms with E-state index >= 15 is 0 Å². The minimum absolute atomic E-state index is 0.0490. The quantitative estimate of drug-likeness (QED) is 0.0795. The lowest BCUT2D eigenvalue weighted by molar-refractivity contribution is 0.0698. The normalized spacial score (nSPS) is 20.4. The van der Waals surface area contributed by atoms with Crippen LogP contribution >= 0.6 is 34.8 Å². The lowest BCUT2D eigenvalue weighted by atomic mass is 10.1. The molecule has 1 amide bonds. The Hall–Kier alpha value is -4.87. The second-order valence-corrected chi connectivity index (χ2v) is 17.3. The van der Waals surface area contributed by atoms with Gasteiger partial charge in [-0.2, -0.15) is 0 Å². The number of aryl methyl sites for hydroxylation is 2. The number of anilines is 1. The number of nitrogens with zero attached hydrogens (tertiary/aromatic N) is 6. The number of halogens is 3. The van der Waals surface area contributed by atoms with E-state index in [2.05, 4.69) is 30.6 Å². The average Bonchev–Trinajstić information content (AvgIpc) is 4.09. The number of carboxylic acids is 1. The van der Waals surface area contributed by atoms with Gasteiger partial charge in [-0.3, -0.25) is 4.79 Å². The first-order valence-electron chi connectivity index (χ1n) is 20.8. The number of amides is 1. The van der Waals surface area contributed by atoms with Crippen LogP contribution in [0.15, 0.2) is 60.9 Å². The summed E-state index contributed by atoms with van der Waals surface area (Å²) in [6.07, 6.45) is 12.6. The van der Waals surface area contributed by atoms with Gasteiger partial charge in [0.1, 0.15) is 11.4 Å². The molecule has 2 aromatic carbocycles. The topological polar surface area (TPSA) is 232 Å². The van der Waals surface area contributed by atoms with Gasteiger partial charge >= 0.3 is 5.97 Å². The Kier molecular flexibility index (Phi) is 14.3. The second-order valence-electron chi connectivity index (χ2n) is 16.2. The van der Waals surface area contributed by atoms with Crippen LogP contribution in [0.5, 0.6) is 0 Å². The summed E-state index contributed by atoms with van der Waals surface area (Å²) in [6.45, 7) is 0. The summed E-state index contributed by atoms with van der Waals surface area (Å²) in [5.74, 6) is -0.639. The van der Waals surface area contributed by atoms with Crippen molar-refractivity contribution in [3.63, 3.8) is 0 Å². The van der Waals surface area contributed by atoms with Crippen LogP contribution in [0.2, 0.25) is 15.3 Å². The molecule has 4 aliphatic rings. The van der Waals surface area contributed by atoms with E-state index < -0.39 is 12.1 Å². The number of nitrogens with two attached hydrogens (primary N) is 2. The van der Waals surface area contributed by atoms with Gasteiger partial charge in [-0.05, 0) is 112 Å². The third-order valence-corrected chi connectivity index (χ3v) is 12.2. The molecule has 4 unspecified atom stereocenters. The maximum atomic E-state index is 12.5. The largest absolute Gasteiger partial charge is 0.478 e. The van der Waals surface area contributed by atoms with Crippen molar-refractivity contribution >= 4 is 74.4 Å². The number of carbonyl (C=O) groups is 2. The average molecular weight is 906 g/mol. The smallest absolute Gasteiger partial charge is 0.336 e. The van der Waals surface area contributed by atoms with E-state index in [1.165, 1.54) is 25.2 Å². The monoisotopic (exact) mass is 904 g/mol. The Morgan fingerprint density at radius 3 is 1.77 bits per heavy atom. The summed E-state index contributed by atoms with van der Waals surface area (Å²) in [6, 6.07) is 15.4. The SMILES string of the molecule is Cn1c(-c2nc(Cl)ncc2Cl)cc2c(C(=O)NC3CC3)cccc21.Cn1c(-c2nc(NC3CCCC3O)ncc2Cl)cc2c(C(=O)O)cccc21.NC1CC1.NC1CCCC1O. The summed E-state index contributed by atoms with van der Waals surface area (Å²) in [4.78, 5) is 40.9. The Labute approximate surface area is 373 Å². The molecule has 18 heteroatoms. The predicted octanol–water partition coefficient (Wildman–Crippen LogP) is 7.11. The molecule has 10 rings (SSSR count). The molecule has 4 fully saturated rings. The van der Waals surface area contributed by atoms with E-state index in [1.807, 2.05) is 53.6 Å². The molecule has 0 bridgehead atoms. The van der Waals surface area contributed by atoms with Gasteiger partial charge in [0.2, 0.25) is 11.2 Å². The number of benzene rings is 2. The van der Waals surface area contributed by atoms with E-state index in [0.717, 1.165) is 73.5 Å². The molecule has 6 aromatic rings. The van der Waals surface area contributed by atoms with Crippen molar-refractivity contribution in [2.45, 2.75) is 101 Å². The number of hydrogen-bond acceptors (Lipinski definition) is 11. The molecular formula is C44H51Cl3N10O5. The third-order valence-electron chi connectivity index (χ3n) is 11.5. The van der Waals surface area contributed by atoms with E-state index in [-0.39, 0.29) is 34.9 Å². The summed E-state index contributed by atoms with van der Waals surface area (Å²) in [5, 5.41) is 36.9. The highest BCUT2D eigenvalue weighted by Gasteiger charge is 2.27. The molecule has 62 heavy (non-hydrogen) atoms. The van der Waals surface area contributed by atoms with Crippen molar-refractivity contribution in [3.8, 4) is 22.8 Å². The zero-order chi connectivity index (χ0) is 44.2. The standard InChI is InChI=1S/C19H19ClN4O3.C17H14Cl2N4O.C5H11NO.C3H7N/c1-24-14-6-2-4-10(18(26)27)11(14)8-15(24)17-12(20)9-21-19(23-17)22-13-5-3-7-16(13)25;1-23-13-4-2-3-10(16(24)21-9-5-6-9)11(13)7-14(23)15-12(18)8-20-17(19)22-15;6-4-2-1-3-5(4)7;4-3-1-2-3/h2,4,6,8-9,13,16,25H,3,5,7H2,1H3,(H,26,27)(H,21,22,23);2-4,7-9H,5-6H2,1H3,(H,21,24);4-5,7H,1-3,6H2;3H,1-2,4H2. The number of aromatic nitrogens is 6. The second kappa shape index (κ2) is 19.7. The number of carboxylic acid groups (broad SMARTS) is 1. The summed E-state index contributed by atoms with van der Waals surface area (Å²) in [7, 11) is 3.75. The zero-order valence-corrected chi connectivity index (χ0v) is 36.7. The first-order valence-corrected chi connectivity index (χ1v) is 21.9. The van der Waals surface area contributed by atoms with Gasteiger partial charge in [-0.15, -0.1) is 0 Å². The molecule has 4 atom stereocenters. The number of aliphatic hydroxyl groups excluding tert-OH is 2. The summed E-state index contributed by atoms with van der Waals surface area (Å²) < 4.78 is 3.82. The minimum atomic E-state index is -0.982. The van der Waals surface area contributed by atoms with E-state index in [9.17, 15) is 19.8 Å². The number of aromatic carboxylic acids is 1. The number of aliphatic hydroxyl groups is 2. The highest BCUT2D eigenvalue weighted by Crippen LogP contribution is 2.35. The van der Waals surface area contributed by atoms with Crippen molar-refractivity contribution in [1.29, 1.82) is 0 Å². The highest BCUT2D eigenvalue weighted by atomic mass is 35.5. The van der Waals surface area contributed by atoms with Gasteiger partial charge in [-0.1, -0.05) is 35.3 Å². The molecule has 0 aliphatic heterocycles. The van der Waals surface area contributed by atoms with Gasteiger partial charge < -0.3 is 46.6 Å². The minimum Gasteiger partial charge on any atom is -0.478 e. The van der Waals surface area contributed by atoms with Crippen LogP contribution in [0.3, 0.4) is 0 Å². The fourth-order valence-corrected chi connectivity index (χ4v) is 8.04. The predicted molar refractivity (Wildman–Crippen MR) is 243 cm³/mol. The number of nitrogens with one attached hydrogen (secondary N) is 2. The van der Waals surface area contributed by atoms with Crippen LogP contribution < -0.4 is 22.1 Å². The Bertz CT molecular complexity index is 2570. The molecule has 4 aliphatic carbocycles. The Balaban J connectivity index is 0.000000150. The van der Waals surface area contributed by atoms with E-state index in [1.54, 1.807) is 18.2 Å². The summed E-state index contributed by atoms with van der Waals surface area (Å²) in [5.41, 5.74) is 15.8. The van der Waals surface area contributed by atoms with Crippen LogP contribution in [0.25, 0.3) is 44.6 Å². The van der Waals surface area contributed by atoms with Crippen LogP contribution in [-0.4, -0.2) is 92.6 Å². The van der Waals surface area contributed by atoms with Crippen molar-refractivity contribution in [1.82, 2.24) is 34.4 Å². The molecule has 0 radical (unpaired) electrons. The molecule has 15 nitrogen and oxygen atoms in total. The first kappa shape index (κ1) is 45.2. The Morgan fingerprint density at radius 1 is 0.726 bits per heavy atom. The molecule has 0 saturated heterocycles. The number of hydrogen-bond donors (Lipinski definition) is 7. The number of rotatable bonds is 7. The fourth-order valence-electron chi connectivity index (χ4n) is 7.53. The Morgan fingerprint density at radius 2 is 1.27 bits per heavy atom. The van der Waals surface area contributed by atoms with Gasteiger partial charge in [0, 0.05) is 59.6 Å². The van der Waals surface area contributed by atoms with Gasteiger partial charge in [0.25, 0.3) is 5.91 Å². The molecule has 4 heterocycles. The molecule has 4 aromatic heterocycles. The lowest BCUT2D eigenvalue weighted by Gasteiger charge is -2.17. The zero-order valence-electron chi connectivity index (χ0n) is 34.4. The highest BCUT2D eigenvalue weighted by molar-refractivity contribution is 6.34. The lowest BCUT2D eigenvalue weighted by Crippen LogP contribution is -2.28. The van der Waals surface area contributed by atoms with Crippen LogP contribution in [0.1, 0.15) is 84.9 Å². The maximum absolute atomic E-state index is 12.5. The number of carbonyl (C=O) groups excluding carboxylic acids is 1. The molecule has 9 N–H and O–H groups in total. The van der Waals surface area contributed by atoms with Gasteiger partial charge in [0.15, 0.2) is 0 Å². The van der Waals surface area contributed by atoms with Crippen LogP contribution in [-0.2, 0) is 14.1 Å². The van der Waals surface area contributed by atoms with Crippen molar-refractivity contribution in [2.75, 3.05) is 5.32 Å². The van der Waals surface area contributed by atoms with Crippen LogP contribution in [0, 0.1) is 0 Å². The maximum Gasteiger partial charge on any atom is 0.336 e. The summed E-state index contributed by atoms with van der Waals surface area (Å²) >= 11 is 18.5. The van der Waals surface area contributed by atoms with Gasteiger partial charge in [-0.25, -0.2) is 24.7 Å². The van der Waals surface area contributed by atoms with Crippen LogP contribution in [0.4, 0.5) is 5.95 Å². The van der Waals surface area contributed by atoms with Gasteiger partial charge in [0.05, 0.1) is 57.6 Å². The van der Waals surface area contributed by atoms with E-state index in [4.69, 9.17) is 51.4 Å². The molecule has 0 spiro atoms. The first-order chi connectivity index (χ1) is 29.7. The van der Waals surface area contributed by atoms with Crippen molar-refractivity contribution in [2.24, 2.45) is 25.6 Å². The van der Waals surface area contributed by atoms with Crippen molar-refractivity contribution in [3.05, 3.63) is 87.4 Å². The fraction of sp³-hybridized carbons (Fsp3) is 0.409. The van der Waals surface area contributed by atoms with Crippen molar-refractivity contribution < 1.29 is 24.9 Å². The molecule has 4 saturated carbocycles. The number of fused-ring (bicyclic) bond motifs is 2. The third kappa shape index (κ3) is 10.7.